The number of rotatable bonds is 2. The Labute approximate surface area is 144 Å². The van der Waals surface area contributed by atoms with E-state index >= 15 is 0 Å². The molecule has 2 rings (SSSR count). The fourth-order valence-corrected chi connectivity index (χ4v) is 1.94. The van der Waals surface area contributed by atoms with Gasteiger partial charge < -0.3 is 5.32 Å². The van der Waals surface area contributed by atoms with Crippen molar-refractivity contribution < 1.29 is 44.7 Å². The van der Waals surface area contributed by atoms with E-state index in [9.17, 15) is 44.7 Å². The van der Waals surface area contributed by atoms with Crippen molar-refractivity contribution in [1.82, 2.24) is 5.32 Å². The van der Waals surface area contributed by atoms with Crippen LogP contribution in [0, 0.1) is 29.1 Å². The third-order valence-corrected chi connectivity index (χ3v) is 3.07. The summed E-state index contributed by atoms with van der Waals surface area (Å²) in [4.78, 5) is 23.2. The van der Waals surface area contributed by atoms with E-state index in [4.69, 9.17) is 0 Å². The second kappa shape index (κ2) is 7.21. The molecule has 2 N–H and O–H groups in total. The number of anilines is 1. The molecule has 0 aliphatic heterocycles. The number of urea groups is 1. The monoisotopic (exact) mass is 398 g/mol. The Morgan fingerprint density at radius 3 is 1.85 bits per heavy atom. The van der Waals surface area contributed by atoms with Crippen LogP contribution in [0.5, 0.6) is 0 Å². The summed E-state index contributed by atoms with van der Waals surface area (Å²) in [6.07, 6.45) is -5.20. The molecule has 0 aromatic heterocycles. The van der Waals surface area contributed by atoms with Gasteiger partial charge in [0.1, 0.15) is 34.6 Å². The lowest BCUT2D eigenvalue weighted by atomic mass is 10.1. The van der Waals surface area contributed by atoms with Crippen LogP contribution in [-0.2, 0) is 6.18 Å². The first-order valence-electron chi connectivity index (χ1n) is 6.73. The number of amides is 3. The predicted octanol–water partition coefficient (Wildman–Crippen LogP) is 4.36. The van der Waals surface area contributed by atoms with Crippen molar-refractivity contribution in [3.8, 4) is 0 Å². The highest BCUT2D eigenvalue weighted by molar-refractivity contribution is 6.08. The summed E-state index contributed by atoms with van der Waals surface area (Å²) in [5.41, 5.74) is -4.35. The summed E-state index contributed by atoms with van der Waals surface area (Å²) in [5, 5.41) is 2.84. The van der Waals surface area contributed by atoms with Gasteiger partial charge in [0.15, 0.2) is 0 Å². The van der Waals surface area contributed by atoms with Crippen LogP contribution in [-0.4, -0.2) is 11.9 Å². The van der Waals surface area contributed by atoms with Crippen LogP contribution < -0.4 is 10.6 Å². The molecule has 0 fully saturated rings. The number of halogens is 8. The molecule has 0 saturated carbocycles. The van der Waals surface area contributed by atoms with E-state index in [1.807, 2.05) is 0 Å². The van der Waals surface area contributed by atoms with Crippen molar-refractivity contribution in [3.05, 3.63) is 64.5 Å². The van der Waals surface area contributed by atoms with Gasteiger partial charge in [-0.25, -0.2) is 26.7 Å². The van der Waals surface area contributed by atoms with Crippen LogP contribution in [0.25, 0.3) is 0 Å². The Kier molecular flexibility index (Phi) is 5.38. The van der Waals surface area contributed by atoms with Gasteiger partial charge in [0.05, 0.1) is 11.3 Å². The van der Waals surface area contributed by atoms with E-state index in [0.29, 0.717) is 0 Å². The van der Waals surface area contributed by atoms with Gasteiger partial charge in [-0.3, -0.25) is 10.1 Å². The van der Waals surface area contributed by atoms with Crippen LogP contribution in [0.3, 0.4) is 0 Å². The fraction of sp³-hybridized carbons (Fsp3) is 0.0667. The van der Waals surface area contributed by atoms with Gasteiger partial charge in [-0.1, -0.05) is 0 Å². The second-order valence-electron chi connectivity index (χ2n) is 4.96. The van der Waals surface area contributed by atoms with Crippen molar-refractivity contribution >= 4 is 17.6 Å². The van der Waals surface area contributed by atoms with Gasteiger partial charge in [0.2, 0.25) is 0 Å². The van der Waals surface area contributed by atoms with E-state index in [2.05, 4.69) is 0 Å². The van der Waals surface area contributed by atoms with E-state index in [1.54, 1.807) is 0 Å². The average molecular weight is 398 g/mol. The Morgan fingerprint density at radius 2 is 1.33 bits per heavy atom. The number of nitrogens with one attached hydrogen (secondary N) is 2. The normalized spacial score (nSPS) is 11.3. The summed E-state index contributed by atoms with van der Waals surface area (Å²) in [7, 11) is 0. The number of benzene rings is 2. The topological polar surface area (TPSA) is 58.2 Å². The minimum atomic E-state index is -5.20. The van der Waals surface area contributed by atoms with Crippen molar-refractivity contribution in [2.24, 2.45) is 0 Å². The first-order valence-corrected chi connectivity index (χ1v) is 6.73. The first kappa shape index (κ1) is 20.1. The summed E-state index contributed by atoms with van der Waals surface area (Å²) in [6.45, 7) is 0. The number of carbonyl (C=O) groups excluding carboxylic acids is 2. The van der Waals surface area contributed by atoms with Gasteiger partial charge >= 0.3 is 12.2 Å². The number of hydrogen-bond acceptors (Lipinski definition) is 2. The maximum absolute atomic E-state index is 13.6. The SMILES string of the molecule is O=C(NC(=O)c1c(F)cc(F)cc1F)Nc1cc(F)c(C(F)(F)F)cc1F. The third kappa shape index (κ3) is 4.51. The van der Waals surface area contributed by atoms with Crippen LogP contribution in [0.2, 0.25) is 0 Å². The highest BCUT2D eigenvalue weighted by Crippen LogP contribution is 2.33. The largest absolute Gasteiger partial charge is 0.419 e. The molecule has 2 aromatic rings. The lowest BCUT2D eigenvalue weighted by Crippen LogP contribution is -2.35. The summed E-state index contributed by atoms with van der Waals surface area (Å²) in [5.74, 6) is -9.94. The molecule has 0 bridgehead atoms. The highest BCUT2D eigenvalue weighted by atomic mass is 19.4. The lowest BCUT2D eigenvalue weighted by molar-refractivity contribution is -0.140. The van der Waals surface area contributed by atoms with Gasteiger partial charge in [-0.2, -0.15) is 13.2 Å². The fourth-order valence-electron chi connectivity index (χ4n) is 1.94. The zero-order valence-electron chi connectivity index (χ0n) is 12.6. The summed E-state index contributed by atoms with van der Waals surface area (Å²) >= 11 is 0. The lowest BCUT2D eigenvalue weighted by Gasteiger charge is -2.12. The second-order valence-corrected chi connectivity index (χ2v) is 4.96. The molecule has 3 amide bonds. The molecule has 0 atom stereocenters. The van der Waals surface area contributed by atoms with Crippen LogP contribution in [0.1, 0.15) is 15.9 Å². The Morgan fingerprint density at radius 1 is 0.778 bits per heavy atom. The molecule has 0 heterocycles. The molecular weight excluding hydrogens is 392 g/mol. The average Bonchev–Trinajstić information content (AvgIpc) is 2.48. The number of hydrogen-bond donors (Lipinski definition) is 2. The maximum Gasteiger partial charge on any atom is 0.419 e. The zero-order chi connectivity index (χ0) is 20.5. The van der Waals surface area contributed by atoms with Gasteiger partial charge in [0.25, 0.3) is 5.91 Å². The van der Waals surface area contributed by atoms with Gasteiger partial charge in [-0.15, -0.1) is 0 Å². The van der Waals surface area contributed by atoms with Crippen molar-refractivity contribution in [2.45, 2.75) is 6.18 Å². The molecule has 0 saturated heterocycles. The summed E-state index contributed by atoms with van der Waals surface area (Å²) < 4.78 is 104. The van der Waals surface area contributed by atoms with E-state index in [0.717, 1.165) is 0 Å². The molecule has 0 aliphatic rings. The number of alkyl halides is 3. The minimum absolute atomic E-state index is 0.00126. The van der Waals surface area contributed by atoms with E-state index in [-0.39, 0.29) is 24.3 Å². The predicted molar refractivity (Wildman–Crippen MR) is 74.2 cm³/mol. The first-order chi connectivity index (χ1) is 12.4. The number of imide groups is 1. The highest BCUT2D eigenvalue weighted by Gasteiger charge is 2.35. The zero-order valence-corrected chi connectivity index (χ0v) is 12.6. The Balaban J connectivity index is 2.19. The standard InChI is InChI=1S/C15H6F8N2O2/c16-5-1-9(19)12(10(20)2-5)13(26)25-14(27)24-11-4-7(17)6(3-8(11)18)15(21,22)23/h1-4H,(H2,24,25,26,27). The molecule has 0 radical (unpaired) electrons. The molecule has 0 unspecified atom stereocenters. The molecule has 27 heavy (non-hydrogen) atoms. The van der Waals surface area contributed by atoms with E-state index < -0.39 is 64.0 Å². The van der Waals surface area contributed by atoms with Crippen LogP contribution in [0.15, 0.2) is 24.3 Å². The minimum Gasteiger partial charge on any atom is -0.305 e. The van der Waals surface area contributed by atoms with Crippen molar-refractivity contribution in [3.63, 3.8) is 0 Å². The molecule has 12 heteroatoms. The molecular formula is C15H6F8N2O2. The van der Waals surface area contributed by atoms with Crippen molar-refractivity contribution in [1.29, 1.82) is 0 Å². The summed E-state index contributed by atoms with van der Waals surface area (Å²) in [6, 6.07) is -1.56. The Bertz CT molecular complexity index is 904. The smallest absolute Gasteiger partial charge is 0.305 e. The van der Waals surface area contributed by atoms with Crippen LogP contribution >= 0.6 is 0 Å². The molecule has 0 spiro atoms. The van der Waals surface area contributed by atoms with Gasteiger partial charge in [0, 0.05) is 18.2 Å². The van der Waals surface area contributed by atoms with Crippen molar-refractivity contribution in [2.75, 3.05) is 5.32 Å². The third-order valence-electron chi connectivity index (χ3n) is 3.07. The van der Waals surface area contributed by atoms with Crippen LogP contribution in [0.4, 0.5) is 45.6 Å². The molecule has 0 aliphatic carbocycles. The van der Waals surface area contributed by atoms with E-state index in [1.165, 1.54) is 10.6 Å². The molecule has 144 valence electrons. The molecule has 4 nitrogen and oxygen atoms in total. The quantitative estimate of drug-likeness (QED) is 0.739. The Hall–Kier alpha value is -3.18. The number of carbonyl (C=O) groups is 2. The maximum atomic E-state index is 13.6. The molecule has 2 aromatic carbocycles. The van der Waals surface area contributed by atoms with Gasteiger partial charge in [-0.05, 0) is 6.07 Å².